The topological polar surface area (TPSA) is 25.8 Å². The third kappa shape index (κ3) is 2.67. The van der Waals surface area contributed by atoms with Crippen molar-refractivity contribution in [3.63, 3.8) is 0 Å². The maximum absolute atomic E-state index is 6.03. The molecular weight excluding hydrogens is 384 g/mol. The van der Waals surface area contributed by atoms with Gasteiger partial charge in [0, 0.05) is 32.7 Å². The SMILES string of the molecule is S=C(c1cccc2nc3ccccc3cc12)c1cccc2nc3ccccc3cc12. The van der Waals surface area contributed by atoms with Crippen molar-refractivity contribution in [2.24, 2.45) is 0 Å². The molecule has 0 saturated heterocycles. The Morgan fingerprint density at radius 1 is 0.500 bits per heavy atom. The zero-order chi connectivity index (χ0) is 20.1. The first-order chi connectivity index (χ1) is 14.8. The van der Waals surface area contributed by atoms with Crippen LogP contribution in [0.4, 0.5) is 0 Å². The predicted molar refractivity (Wildman–Crippen MR) is 129 cm³/mol. The summed E-state index contributed by atoms with van der Waals surface area (Å²) in [4.78, 5) is 10.5. The Labute approximate surface area is 178 Å². The lowest BCUT2D eigenvalue weighted by Gasteiger charge is -2.12. The van der Waals surface area contributed by atoms with Gasteiger partial charge in [0.2, 0.25) is 0 Å². The maximum atomic E-state index is 6.03. The molecule has 2 nitrogen and oxygen atoms in total. The van der Waals surface area contributed by atoms with E-state index in [1.165, 1.54) is 0 Å². The largest absolute Gasteiger partial charge is 0.248 e. The highest BCUT2D eigenvalue weighted by Crippen LogP contribution is 2.29. The molecule has 6 aromatic rings. The predicted octanol–water partition coefficient (Wildman–Crippen LogP) is 6.86. The normalized spacial score (nSPS) is 11.5. The van der Waals surface area contributed by atoms with E-state index in [0.29, 0.717) is 0 Å². The first kappa shape index (κ1) is 17.2. The van der Waals surface area contributed by atoms with Gasteiger partial charge in [-0.1, -0.05) is 72.9 Å². The summed E-state index contributed by atoms with van der Waals surface area (Å²) in [6, 6.07) is 33.1. The van der Waals surface area contributed by atoms with Crippen LogP contribution in [0.1, 0.15) is 11.1 Å². The molecule has 0 aliphatic heterocycles. The Bertz CT molecular complexity index is 1500. The lowest BCUT2D eigenvalue weighted by atomic mass is 9.96. The second-order valence-electron chi connectivity index (χ2n) is 7.44. The molecule has 30 heavy (non-hydrogen) atoms. The van der Waals surface area contributed by atoms with Crippen molar-refractivity contribution >= 4 is 60.7 Å². The van der Waals surface area contributed by atoms with Crippen molar-refractivity contribution in [3.8, 4) is 0 Å². The van der Waals surface area contributed by atoms with Crippen LogP contribution in [0.15, 0.2) is 97.1 Å². The van der Waals surface area contributed by atoms with Crippen LogP contribution in [0.2, 0.25) is 0 Å². The summed E-state index contributed by atoms with van der Waals surface area (Å²) in [5, 5.41) is 4.38. The second-order valence-corrected chi connectivity index (χ2v) is 7.84. The van der Waals surface area contributed by atoms with E-state index in [-0.39, 0.29) is 0 Å². The van der Waals surface area contributed by atoms with Gasteiger partial charge in [0.05, 0.1) is 26.9 Å². The maximum Gasteiger partial charge on any atom is 0.0716 e. The van der Waals surface area contributed by atoms with Gasteiger partial charge in [-0.25, -0.2) is 9.97 Å². The molecule has 0 N–H and O–H groups in total. The molecule has 2 heterocycles. The van der Waals surface area contributed by atoms with E-state index in [1.54, 1.807) is 0 Å². The molecule has 0 radical (unpaired) electrons. The fourth-order valence-corrected chi connectivity index (χ4v) is 4.49. The number of pyridine rings is 2. The first-order valence-corrected chi connectivity index (χ1v) is 10.3. The monoisotopic (exact) mass is 400 g/mol. The summed E-state index contributed by atoms with van der Waals surface area (Å²) >= 11 is 6.03. The number of benzene rings is 4. The Morgan fingerprint density at radius 2 is 0.933 bits per heavy atom. The molecule has 0 saturated carbocycles. The lowest BCUT2D eigenvalue weighted by molar-refractivity contribution is 1.49. The van der Waals surface area contributed by atoms with E-state index < -0.39 is 0 Å². The molecule has 140 valence electrons. The number of nitrogens with zero attached hydrogens (tertiary/aromatic N) is 2. The van der Waals surface area contributed by atoms with E-state index in [4.69, 9.17) is 22.2 Å². The molecule has 0 bridgehead atoms. The minimum atomic E-state index is 0.820. The standard InChI is InChI=1S/C27H16N2S/c30-27(19-9-5-13-25-21(19)15-17-7-1-3-11-23(17)28-25)20-10-6-14-26-22(20)16-18-8-2-4-12-24(18)29-26/h1-16H. The van der Waals surface area contributed by atoms with Gasteiger partial charge >= 0.3 is 0 Å². The summed E-state index contributed by atoms with van der Waals surface area (Å²) in [5.41, 5.74) is 5.96. The van der Waals surface area contributed by atoms with Gasteiger partial charge in [0.15, 0.2) is 0 Å². The highest BCUT2D eigenvalue weighted by molar-refractivity contribution is 7.81. The molecule has 0 spiro atoms. The molecule has 0 aliphatic carbocycles. The minimum Gasteiger partial charge on any atom is -0.248 e. The second kappa shape index (κ2) is 6.68. The molecule has 0 fully saturated rings. The Hall–Kier alpha value is -3.69. The molecule has 0 amide bonds. The molecule has 0 aliphatic rings. The van der Waals surface area contributed by atoms with Gasteiger partial charge in [0.25, 0.3) is 0 Å². The van der Waals surface area contributed by atoms with Gasteiger partial charge in [0.1, 0.15) is 0 Å². The summed E-state index contributed by atoms with van der Waals surface area (Å²) < 4.78 is 0. The number of para-hydroxylation sites is 2. The van der Waals surface area contributed by atoms with Crippen LogP contribution in [-0.4, -0.2) is 14.8 Å². The average Bonchev–Trinajstić information content (AvgIpc) is 2.80. The number of hydrogen-bond donors (Lipinski definition) is 0. The lowest BCUT2D eigenvalue weighted by Crippen LogP contribution is -2.03. The first-order valence-electron chi connectivity index (χ1n) is 9.90. The number of fused-ring (bicyclic) bond motifs is 4. The van der Waals surface area contributed by atoms with Crippen LogP contribution < -0.4 is 0 Å². The van der Waals surface area contributed by atoms with Crippen molar-refractivity contribution in [3.05, 3.63) is 108 Å². The summed E-state index contributed by atoms with van der Waals surface area (Å²) in [6.45, 7) is 0. The van der Waals surface area contributed by atoms with Crippen LogP contribution in [0, 0.1) is 0 Å². The quantitative estimate of drug-likeness (QED) is 0.180. The summed E-state index contributed by atoms with van der Waals surface area (Å²) in [7, 11) is 0. The molecule has 4 aromatic carbocycles. The van der Waals surface area contributed by atoms with Crippen molar-refractivity contribution in [1.29, 1.82) is 0 Å². The van der Waals surface area contributed by atoms with E-state index in [9.17, 15) is 0 Å². The van der Waals surface area contributed by atoms with Gasteiger partial charge in [-0.15, -0.1) is 0 Å². The summed E-state index contributed by atoms with van der Waals surface area (Å²) in [5.74, 6) is 0. The molecule has 0 atom stereocenters. The van der Waals surface area contributed by atoms with Gasteiger partial charge < -0.3 is 0 Å². The van der Waals surface area contributed by atoms with Crippen LogP contribution in [0.25, 0.3) is 43.6 Å². The van der Waals surface area contributed by atoms with Crippen LogP contribution in [0.5, 0.6) is 0 Å². The molecular formula is C27H16N2S. The minimum absolute atomic E-state index is 0.820. The third-order valence-electron chi connectivity index (χ3n) is 5.61. The molecule has 0 unspecified atom stereocenters. The zero-order valence-electron chi connectivity index (χ0n) is 16.0. The van der Waals surface area contributed by atoms with Crippen molar-refractivity contribution in [2.45, 2.75) is 0 Å². The Morgan fingerprint density at radius 3 is 1.43 bits per heavy atom. The van der Waals surface area contributed by atoms with Gasteiger partial charge in [-0.3, -0.25) is 0 Å². The zero-order valence-corrected chi connectivity index (χ0v) is 16.9. The number of thiocarbonyl (C=S) groups is 1. The van der Waals surface area contributed by atoms with Gasteiger partial charge in [-0.05, 0) is 36.4 Å². The average molecular weight is 401 g/mol. The fraction of sp³-hybridized carbons (Fsp3) is 0. The van der Waals surface area contributed by atoms with Crippen LogP contribution in [-0.2, 0) is 0 Å². The smallest absolute Gasteiger partial charge is 0.0716 e. The highest BCUT2D eigenvalue weighted by atomic mass is 32.1. The van der Waals surface area contributed by atoms with E-state index in [1.807, 2.05) is 60.7 Å². The molecule has 6 rings (SSSR count). The van der Waals surface area contributed by atoms with E-state index in [0.717, 1.165) is 59.6 Å². The van der Waals surface area contributed by atoms with Crippen molar-refractivity contribution in [1.82, 2.24) is 9.97 Å². The summed E-state index contributed by atoms with van der Waals surface area (Å²) in [6.07, 6.45) is 0. The number of aromatic nitrogens is 2. The van der Waals surface area contributed by atoms with Gasteiger partial charge in [-0.2, -0.15) is 0 Å². The van der Waals surface area contributed by atoms with E-state index >= 15 is 0 Å². The van der Waals surface area contributed by atoms with Crippen molar-refractivity contribution in [2.75, 3.05) is 0 Å². The molecule has 2 aromatic heterocycles. The third-order valence-corrected chi connectivity index (χ3v) is 6.05. The molecule has 3 heteroatoms. The van der Waals surface area contributed by atoms with Crippen LogP contribution in [0.3, 0.4) is 0 Å². The Balaban J connectivity index is 1.61. The van der Waals surface area contributed by atoms with Crippen molar-refractivity contribution < 1.29 is 0 Å². The number of hydrogen-bond acceptors (Lipinski definition) is 3. The fourth-order valence-electron chi connectivity index (χ4n) is 4.14. The van der Waals surface area contributed by atoms with E-state index in [2.05, 4.69) is 36.4 Å². The van der Waals surface area contributed by atoms with Crippen LogP contribution >= 0.6 is 12.2 Å². The highest BCUT2D eigenvalue weighted by Gasteiger charge is 2.14. The number of rotatable bonds is 2. The Kier molecular flexibility index (Phi) is 3.83.